The molecule has 0 aliphatic heterocycles. The van der Waals surface area contributed by atoms with Gasteiger partial charge in [0.25, 0.3) is 11.0 Å². The molecule has 0 saturated heterocycles. The highest BCUT2D eigenvalue weighted by molar-refractivity contribution is 7.07. The maximum Gasteiger partial charge on any atom is 0.452 e. The summed E-state index contributed by atoms with van der Waals surface area (Å²) < 4.78 is 45.4. The molecule has 0 spiro atoms. The van der Waals surface area contributed by atoms with Gasteiger partial charge in [-0.25, -0.2) is 0 Å². The van der Waals surface area contributed by atoms with Gasteiger partial charge in [-0.05, 0) is 19.3 Å². The molecule has 2 unspecified atom stereocenters. The third-order valence-electron chi connectivity index (χ3n) is 2.67. The summed E-state index contributed by atoms with van der Waals surface area (Å²) in [5.74, 6) is -1.15. The van der Waals surface area contributed by atoms with Gasteiger partial charge in [0.05, 0.1) is 0 Å². The van der Waals surface area contributed by atoms with Crippen molar-refractivity contribution < 1.29 is 17.9 Å². The van der Waals surface area contributed by atoms with Crippen LogP contribution < -0.4 is 10.5 Å². The third-order valence-corrected chi connectivity index (χ3v) is 3.27. The summed E-state index contributed by atoms with van der Waals surface area (Å²) in [7, 11) is 0. The Morgan fingerprint density at radius 1 is 1.29 bits per heavy atom. The van der Waals surface area contributed by atoms with Gasteiger partial charge in [0.1, 0.15) is 6.10 Å². The van der Waals surface area contributed by atoms with Crippen molar-refractivity contribution in [3.05, 3.63) is 5.82 Å². The van der Waals surface area contributed by atoms with E-state index in [9.17, 15) is 13.2 Å². The molecule has 2 N–H and O–H groups in total. The maximum atomic E-state index is 12.3. The molecule has 1 saturated carbocycles. The van der Waals surface area contributed by atoms with E-state index in [1.807, 2.05) is 0 Å². The fourth-order valence-electron chi connectivity index (χ4n) is 1.77. The van der Waals surface area contributed by atoms with E-state index in [0.29, 0.717) is 11.5 Å². The second-order valence-corrected chi connectivity index (χ2v) is 4.70. The second kappa shape index (κ2) is 4.77. The Hall–Kier alpha value is -0.890. The first kappa shape index (κ1) is 12.6. The van der Waals surface area contributed by atoms with Crippen molar-refractivity contribution in [1.82, 2.24) is 9.36 Å². The molecule has 0 radical (unpaired) electrons. The number of nitrogens with two attached hydrogens (primary N) is 1. The number of rotatable bonds is 2. The Morgan fingerprint density at radius 2 is 2.00 bits per heavy atom. The molecule has 1 heterocycles. The topological polar surface area (TPSA) is 61.0 Å². The minimum atomic E-state index is -4.52. The maximum absolute atomic E-state index is 12.3. The quantitative estimate of drug-likeness (QED) is 0.892. The second-order valence-electron chi connectivity index (χ2n) is 3.99. The van der Waals surface area contributed by atoms with Crippen LogP contribution in [0.1, 0.15) is 31.5 Å². The predicted molar refractivity (Wildman–Crippen MR) is 55.8 cm³/mol. The van der Waals surface area contributed by atoms with Crippen LogP contribution in [-0.2, 0) is 6.18 Å². The SMILES string of the molecule is NC1CCCCC1Oc1nc(C(F)(F)F)ns1. The first-order valence-corrected chi connectivity index (χ1v) is 6.07. The van der Waals surface area contributed by atoms with Crippen molar-refractivity contribution in [2.75, 3.05) is 0 Å². The van der Waals surface area contributed by atoms with Gasteiger partial charge in [0.15, 0.2) is 0 Å². The van der Waals surface area contributed by atoms with Crippen LogP contribution in [0.3, 0.4) is 0 Å². The fraction of sp³-hybridized carbons (Fsp3) is 0.778. The van der Waals surface area contributed by atoms with Gasteiger partial charge in [-0.1, -0.05) is 6.42 Å². The zero-order valence-electron chi connectivity index (χ0n) is 8.91. The van der Waals surface area contributed by atoms with E-state index in [0.717, 1.165) is 25.7 Å². The Labute approximate surface area is 100 Å². The van der Waals surface area contributed by atoms with Crippen molar-refractivity contribution in [2.24, 2.45) is 5.73 Å². The third kappa shape index (κ3) is 3.06. The van der Waals surface area contributed by atoms with Crippen LogP contribution in [0.4, 0.5) is 13.2 Å². The van der Waals surface area contributed by atoms with Gasteiger partial charge < -0.3 is 10.5 Å². The Kier molecular flexibility index (Phi) is 3.53. The summed E-state index contributed by atoms with van der Waals surface area (Å²) >= 11 is 0.613. The van der Waals surface area contributed by atoms with Crippen LogP contribution in [0, 0.1) is 0 Å². The van der Waals surface area contributed by atoms with E-state index >= 15 is 0 Å². The van der Waals surface area contributed by atoms with E-state index in [4.69, 9.17) is 10.5 Å². The molecule has 2 rings (SSSR count). The lowest BCUT2D eigenvalue weighted by Gasteiger charge is -2.27. The number of hydrogen-bond acceptors (Lipinski definition) is 5. The van der Waals surface area contributed by atoms with Gasteiger partial charge >= 0.3 is 6.18 Å². The molecular weight excluding hydrogens is 255 g/mol. The van der Waals surface area contributed by atoms with Gasteiger partial charge in [-0.3, -0.25) is 0 Å². The molecule has 4 nitrogen and oxygen atoms in total. The summed E-state index contributed by atoms with van der Waals surface area (Å²) in [5.41, 5.74) is 5.83. The van der Waals surface area contributed by atoms with Gasteiger partial charge in [-0.2, -0.15) is 22.5 Å². The molecule has 1 aromatic heterocycles. The lowest BCUT2D eigenvalue weighted by Crippen LogP contribution is -2.41. The molecular formula is C9H12F3N3OS. The molecule has 96 valence electrons. The highest BCUT2D eigenvalue weighted by atomic mass is 32.1. The van der Waals surface area contributed by atoms with Gasteiger partial charge in [0, 0.05) is 17.6 Å². The lowest BCUT2D eigenvalue weighted by atomic mass is 9.93. The molecule has 0 amide bonds. The average Bonchev–Trinajstić information content (AvgIpc) is 2.69. The Balaban J connectivity index is 2.01. The van der Waals surface area contributed by atoms with Crippen molar-refractivity contribution in [2.45, 2.75) is 44.0 Å². The molecule has 8 heteroatoms. The monoisotopic (exact) mass is 267 g/mol. The standard InChI is InChI=1S/C9H12F3N3OS/c10-9(11,12)7-14-8(17-15-7)16-6-4-2-1-3-5(6)13/h5-6H,1-4,13H2. The van der Waals surface area contributed by atoms with E-state index in [2.05, 4.69) is 9.36 Å². The van der Waals surface area contributed by atoms with Crippen molar-refractivity contribution in [1.29, 1.82) is 0 Å². The van der Waals surface area contributed by atoms with Crippen LogP contribution >= 0.6 is 11.5 Å². The number of hydrogen-bond donors (Lipinski definition) is 1. The number of halogens is 3. The molecule has 0 bridgehead atoms. The highest BCUT2D eigenvalue weighted by Gasteiger charge is 2.37. The molecule has 0 aromatic carbocycles. The molecule has 1 aliphatic carbocycles. The summed E-state index contributed by atoms with van der Waals surface area (Å²) in [6, 6.07) is -0.137. The summed E-state index contributed by atoms with van der Waals surface area (Å²) in [6.45, 7) is 0. The first-order valence-electron chi connectivity index (χ1n) is 5.30. The number of nitrogens with zero attached hydrogens (tertiary/aromatic N) is 2. The molecule has 17 heavy (non-hydrogen) atoms. The zero-order chi connectivity index (χ0) is 12.5. The lowest BCUT2D eigenvalue weighted by molar-refractivity contribution is -0.144. The molecule has 1 aliphatic rings. The largest absolute Gasteiger partial charge is 0.464 e. The van der Waals surface area contributed by atoms with Gasteiger partial charge in [0.2, 0.25) is 0 Å². The number of aromatic nitrogens is 2. The number of alkyl halides is 3. The van der Waals surface area contributed by atoms with Gasteiger partial charge in [-0.15, -0.1) is 0 Å². The van der Waals surface area contributed by atoms with Crippen LogP contribution in [0.2, 0.25) is 0 Å². The molecule has 2 atom stereocenters. The zero-order valence-corrected chi connectivity index (χ0v) is 9.72. The molecule has 1 fully saturated rings. The van der Waals surface area contributed by atoms with E-state index < -0.39 is 12.0 Å². The van der Waals surface area contributed by atoms with E-state index in [1.54, 1.807) is 0 Å². The summed E-state index contributed by atoms with van der Waals surface area (Å²) in [4.78, 5) is 3.31. The molecule has 1 aromatic rings. The first-order chi connectivity index (χ1) is 7.97. The van der Waals surface area contributed by atoms with Crippen LogP contribution in [-0.4, -0.2) is 21.5 Å². The summed E-state index contributed by atoms with van der Waals surface area (Å²) in [5, 5.41) is -0.0559. The average molecular weight is 267 g/mol. The smallest absolute Gasteiger partial charge is 0.452 e. The fourth-order valence-corrected chi connectivity index (χ4v) is 2.38. The normalized spacial score (nSPS) is 25.9. The van der Waals surface area contributed by atoms with Crippen molar-refractivity contribution >= 4 is 11.5 Å². The van der Waals surface area contributed by atoms with Crippen molar-refractivity contribution in [3.8, 4) is 5.19 Å². The van der Waals surface area contributed by atoms with E-state index in [1.165, 1.54) is 0 Å². The summed E-state index contributed by atoms with van der Waals surface area (Å²) in [6.07, 6.45) is -1.18. The highest BCUT2D eigenvalue weighted by Crippen LogP contribution is 2.31. The van der Waals surface area contributed by atoms with Crippen LogP contribution in [0.15, 0.2) is 0 Å². The van der Waals surface area contributed by atoms with Crippen LogP contribution in [0.5, 0.6) is 5.19 Å². The Morgan fingerprint density at radius 3 is 2.59 bits per heavy atom. The predicted octanol–water partition coefficient (Wildman–Crippen LogP) is 2.21. The minimum absolute atomic E-state index is 0.0559. The minimum Gasteiger partial charge on any atom is -0.464 e. The Bertz CT molecular complexity index is 382. The number of ether oxygens (including phenoxy) is 1. The van der Waals surface area contributed by atoms with E-state index in [-0.39, 0.29) is 17.3 Å². The van der Waals surface area contributed by atoms with Crippen molar-refractivity contribution in [3.63, 3.8) is 0 Å². The van der Waals surface area contributed by atoms with Crippen LogP contribution in [0.25, 0.3) is 0 Å².